The molecule has 2 aromatic carbocycles. The van der Waals surface area contributed by atoms with E-state index in [1.54, 1.807) is 77.7 Å². The minimum absolute atomic E-state index is 0. The van der Waals surface area contributed by atoms with Crippen LogP contribution in [0.15, 0.2) is 58.8 Å². The normalized spacial score (nSPS) is 11.3. The van der Waals surface area contributed by atoms with Gasteiger partial charge in [0.05, 0.1) is 50.8 Å². The molecular weight excluding hydrogens is 746 g/mol. The molecule has 2 heterocycles. The zero-order valence-corrected chi connectivity index (χ0v) is 33.9. The standard InChI is InChI=1S/C18H25N3O5S.C17H25N3O4S.Al.Li.4H/c1-6-20-8-7-19-16(20)11-21(12-17(22)26-5)27(23,24)18-13(2)9-15(25-4)10-14(18)3;1-5-19-7-6-18-16(19)12-20(8-9-21)25(22,23)17-13(2)10-15(24-4)11-14(17)3;;;;;;/h7-10H,6,11-12H2,1-5H3;6-7,10-11,21H,5,8-9,12H2,1-4H3;;;;;;/q;;;+1;;;;-1. The second-order valence-corrected chi connectivity index (χ2v) is 15.6. The Hall–Kier alpha value is -3.16. The molecule has 15 nitrogen and oxygen atoms in total. The molecule has 0 fully saturated rings. The van der Waals surface area contributed by atoms with Crippen molar-refractivity contribution in [1.29, 1.82) is 0 Å². The number of methoxy groups -OCH3 is 3. The number of hydrogen-bond acceptors (Lipinski definition) is 11. The topological polar surface area (TPSA) is 175 Å². The number of benzene rings is 2. The van der Waals surface area contributed by atoms with E-state index in [4.69, 9.17) is 14.2 Å². The Morgan fingerprint density at radius 2 is 1.11 bits per heavy atom. The van der Waals surface area contributed by atoms with Crippen LogP contribution in [0.3, 0.4) is 0 Å². The van der Waals surface area contributed by atoms with E-state index in [2.05, 4.69) is 9.97 Å². The fourth-order valence-electron chi connectivity index (χ4n) is 5.83. The zero-order valence-electron chi connectivity index (χ0n) is 33.3. The number of sulfonamides is 2. The molecule has 0 atom stereocenters. The van der Waals surface area contributed by atoms with E-state index >= 15 is 0 Å². The summed E-state index contributed by atoms with van der Waals surface area (Å²) in [6.07, 6.45) is 6.82. The average Bonchev–Trinajstić information content (AvgIpc) is 3.75. The molecule has 0 bridgehead atoms. The molecule has 0 spiro atoms. The number of imidazole rings is 2. The number of carbonyl (C=O) groups excluding carboxylic acids is 1. The predicted octanol–water partition coefficient (Wildman–Crippen LogP) is -0.463. The number of aromatic nitrogens is 4. The molecule has 0 aliphatic carbocycles. The third-order valence-corrected chi connectivity index (χ3v) is 12.6. The molecule has 0 saturated carbocycles. The summed E-state index contributed by atoms with van der Waals surface area (Å²) in [5, 5.41) is 9.37. The Labute approximate surface area is 343 Å². The number of carbonyl (C=O) groups is 1. The van der Waals surface area contributed by atoms with Crippen LogP contribution in [-0.4, -0.2) is 114 Å². The van der Waals surface area contributed by atoms with E-state index in [0.29, 0.717) is 58.5 Å². The van der Waals surface area contributed by atoms with Crippen LogP contribution >= 0.6 is 0 Å². The van der Waals surface area contributed by atoms with Crippen molar-refractivity contribution in [2.45, 2.75) is 77.5 Å². The van der Waals surface area contributed by atoms with E-state index in [1.807, 2.05) is 29.2 Å². The summed E-state index contributed by atoms with van der Waals surface area (Å²) >= 11 is 0. The van der Waals surface area contributed by atoms with Gasteiger partial charge in [-0.25, -0.2) is 26.8 Å². The number of aryl methyl sites for hydroxylation is 6. The Morgan fingerprint density at radius 3 is 1.44 bits per heavy atom. The van der Waals surface area contributed by atoms with Gasteiger partial charge in [-0.15, -0.1) is 0 Å². The van der Waals surface area contributed by atoms with Gasteiger partial charge < -0.3 is 29.9 Å². The van der Waals surface area contributed by atoms with Crippen molar-refractivity contribution in [2.75, 3.05) is 41.0 Å². The third-order valence-electron chi connectivity index (χ3n) is 8.34. The van der Waals surface area contributed by atoms with Gasteiger partial charge in [0.2, 0.25) is 20.0 Å². The van der Waals surface area contributed by atoms with E-state index < -0.39 is 32.6 Å². The maximum absolute atomic E-state index is 13.4. The van der Waals surface area contributed by atoms with Gasteiger partial charge >= 0.3 is 24.8 Å². The van der Waals surface area contributed by atoms with Crippen molar-refractivity contribution < 1.29 is 61.2 Å². The Balaban J connectivity index is 0.00000101. The van der Waals surface area contributed by atoms with Crippen LogP contribution in [0.25, 0.3) is 0 Å². The number of aliphatic hydroxyl groups is 1. The number of rotatable bonds is 16. The van der Waals surface area contributed by atoms with Crippen LogP contribution in [-0.2, 0) is 55.8 Å². The van der Waals surface area contributed by atoms with Gasteiger partial charge in [0.1, 0.15) is 29.7 Å². The van der Waals surface area contributed by atoms with Gasteiger partial charge in [0.15, 0.2) is 17.4 Å². The summed E-state index contributed by atoms with van der Waals surface area (Å²) in [5.41, 5.74) is 2.30. The van der Waals surface area contributed by atoms with Crippen molar-refractivity contribution in [3.63, 3.8) is 0 Å². The third kappa shape index (κ3) is 11.7. The van der Waals surface area contributed by atoms with Crippen molar-refractivity contribution >= 4 is 43.4 Å². The largest absolute Gasteiger partial charge is 1.00 e. The molecule has 0 unspecified atom stereocenters. The monoisotopic (exact) mass is 800 g/mol. The minimum atomic E-state index is -3.97. The van der Waals surface area contributed by atoms with E-state index in [9.17, 15) is 26.7 Å². The summed E-state index contributed by atoms with van der Waals surface area (Å²) < 4.78 is 74.4. The fraction of sp³-hybridized carbons (Fsp3) is 0.457. The summed E-state index contributed by atoms with van der Waals surface area (Å²) in [6, 6.07) is 6.71. The van der Waals surface area contributed by atoms with Crippen molar-refractivity contribution in [3.05, 3.63) is 83.0 Å². The molecule has 0 aliphatic rings. The quantitative estimate of drug-likeness (QED) is 0.115. The van der Waals surface area contributed by atoms with Crippen molar-refractivity contribution in [2.24, 2.45) is 0 Å². The first-order valence-corrected chi connectivity index (χ1v) is 19.5. The van der Waals surface area contributed by atoms with Crippen molar-refractivity contribution in [1.82, 2.24) is 27.7 Å². The number of aliphatic hydroxyl groups excluding tert-OH is 1. The Kier molecular flexibility index (Phi) is 19.7. The SMILES string of the molecule is CCn1ccnc1CN(CC(=O)OC)S(=O)(=O)c1c(C)cc(OC)cc1C.CCn1ccnc1CN(CCO)S(=O)(=O)c1c(C)cc(OC)cc1C.[AlH3].[H-].[Li+]. The summed E-state index contributed by atoms with van der Waals surface area (Å²) in [4.78, 5) is 20.7. The van der Waals surface area contributed by atoms with E-state index in [-0.39, 0.29) is 73.7 Å². The minimum Gasteiger partial charge on any atom is -1.00 e. The molecule has 19 heteroatoms. The van der Waals surface area contributed by atoms with Gasteiger partial charge in [-0.3, -0.25) is 4.79 Å². The number of ether oxygens (including phenoxy) is 3. The van der Waals surface area contributed by atoms with Gasteiger partial charge in [-0.05, 0) is 88.1 Å². The molecular formula is C35H54AlLiN6O9S2. The van der Waals surface area contributed by atoms with Gasteiger partial charge in [-0.1, -0.05) is 0 Å². The van der Waals surface area contributed by atoms with E-state index in [0.717, 1.165) is 4.31 Å². The molecule has 4 aromatic rings. The smallest absolute Gasteiger partial charge is 1.00 e. The molecule has 294 valence electrons. The van der Waals surface area contributed by atoms with Crippen LogP contribution in [0.4, 0.5) is 0 Å². The number of hydrogen-bond donors (Lipinski definition) is 1. The van der Waals surface area contributed by atoms with Crippen molar-refractivity contribution in [3.8, 4) is 11.5 Å². The van der Waals surface area contributed by atoms with Gasteiger partial charge in [-0.2, -0.15) is 8.61 Å². The molecule has 0 amide bonds. The van der Waals surface area contributed by atoms with Crippen LogP contribution in [0.1, 0.15) is 49.2 Å². The van der Waals surface area contributed by atoms with Gasteiger partial charge in [0.25, 0.3) is 0 Å². The maximum Gasteiger partial charge on any atom is 1.00 e. The fourth-order valence-corrected chi connectivity index (χ4v) is 9.38. The second kappa shape index (κ2) is 21.8. The molecule has 0 aliphatic heterocycles. The van der Waals surface area contributed by atoms with E-state index in [1.165, 1.54) is 18.5 Å². The number of esters is 1. The first kappa shape index (κ1) is 48.9. The first-order valence-electron chi connectivity index (χ1n) is 16.6. The first-order chi connectivity index (χ1) is 24.6. The van der Waals surface area contributed by atoms with Crippen LogP contribution in [0, 0.1) is 27.7 Å². The molecule has 54 heavy (non-hydrogen) atoms. The predicted molar refractivity (Wildman–Crippen MR) is 206 cm³/mol. The number of nitrogens with zero attached hydrogens (tertiary/aromatic N) is 6. The summed E-state index contributed by atoms with van der Waals surface area (Å²) in [6.45, 7) is 11.5. The van der Waals surface area contributed by atoms with Crippen LogP contribution in [0.5, 0.6) is 11.5 Å². The Bertz CT molecular complexity index is 2020. The second-order valence-electron chi connectivity index (χ2n) is 11.9. The van der Waals surface area contributed by atoms with Gasteiger partial charge in [0, 0.05) is 44.4 Å². The molecule has 0 radical (unpaired) electrons. The molecule has 2 aromatic heterocycles. The Morgan fingerprint density at radius 1 is 0.741 bits per heavy atom. The summed E-state index contributed by atoms with van der Waals surface area (Å²) in [7, 11) is -3.46. The molecule has 0 saturated heterocycles. The molecule has 4 rings (SSSR count). The average molecular weight is 801 g/mol. The zero-order chi connectivity index (χ0) is 38.8. The summed E-state index contributed by atoms with van der Waals surface area (Å²) in [5.74, 6) is 1.74. The van der Waals surface area contributed by atoms with Crippen LogP contribution < -0.4 is 28.3 Å². The van der Waals surface area contributed by atoms with Crippen LogP contribution in [0.2, 0.25) is 0 Å². The maximum atomic E-state index is 13.4. The molecule has 1 N–H and O–H groups in total.